The quantitative estimate of drug-likeness (QED) is 0.655. The Bertz CT molecular complexity index is 134. The summed E-state index contributed by atoms with van der Waals surface area (Å²) in [7, 11) is 0. The molecule has 0 aromatic carbocycles. The fraction of sp³-hybridized carbons (Fsp3) is 0.857. The number of carboxylic acid groups (broad SMARTS) is 1. The molecule has 1 heterocycles. The van der Waals surface area contributed by atoms with E-state index in [-0.39, 0.29) is 6.42 Å². The molecular formula is C7H13NO2S. The molecule has 1 aliphatic rings. The van der Waals surface area contributed by atoms with Crippen LogP contribution in [0.15, 0.2) is 0 Å². The molecule has 1 unspecified atom stereocenters. The molecule has 11 heavy (non-hydrogen) atoms. The van der Waals surface area contributed by atoms with Gasteiger partial charge in [-0.3, -0.25) is 4.79 Å². The van der Waals surface area contributed by atoms with Crippen LogP contribution < -0.4 is 5.32 Å². The van der Waals surface area contributed by atoms with Crippen LogP contribution in [0.1, 0.15) is 12.8 Å². The predicted molar refractivity (Wildman–Crippen MR) is 46.0 cm³/mol. The van der Waals surface area contributed by atoms with E-state index in [9.17, 15) is 4.79 Å². The number of carboxylic acids is 1. The van der Waals surface area contributed by atoms with Gasteiger partial charge in [-0.2, -0.15) is 11.8 Å². The highest BCUT2D eigenvalue weighted by molar-refractivity contribution is 7.99. The highest BCUT2D eigenvalue weighted by atomic mass is 32.2. The van der Waals surface area contributed by atoms with Crippen LogP contribution in [0.3, 0.4) is 0 Å². The van der Waals surface area contributed by atoms with Crippen molar-refractivity contribution in [2.75, 3.05) is 18.1 Å². The summed E-state index contributed by atoms with van der Waals surface area (Å²) < 4.78 is 0. The Morgan fingerprint density at radius 1 is 1.73 bits per heavy atom. The third-order valence-electron chi connectivity index (χ3n) is 1.70. The van der Waals surface area contributed by atoms with Gasteiger partial charge in [-0.1, -0.05) is 0 Å². The van der Waals surface area contributed by atoms with Crippen LogP contribution in [-0.4, -0.2) is 35.2 Å². The van der Waals surface area contributed by atoms with E-state index in [0.717, 1.165) is 5.75 Å². The van der Waals surface area contributed by atoms with E-state index >= 15 is 0 Å². The topological polar surface area (TPSA) is 49.3 Å². The van der Waals surface area contributed by atoms with Gasteiger partial charge in [-0.15, -0.1) is 0 Å². The number of aliphatic carboxylic acids is 1. The SMILES string of the molecule is O=C(O)CCNC1CCSC1. The van der Waals surface area contributed by atoms with Gasteiger partial charge in [0.25, 0.3) is 0 Å². The van der Waals surface area contributed by atoms with E-state index in [4.69, 9.17) is 5.11 Å². The van der Waals surface area contributed by atoms with Crippen LogP contribution in [0.25, 0.3) is 0 Å². The molecule has 1 aliphatic heterocycles. The maximum Gasteiger partial charge on any atom is 0.304 e. The van der Waals surface area contributed by atoms with E-state index in [1.165, 1.54) is 12.2 Å². The Hall–Kier alpha value is -0.220. The lowest BCUT2D eigenvalue weighted by Crippen LogP contribution is -2.30. The number of nitrogens with one attached hydrogen (secondary N) is 1. The molecule has 1 saturated heterocycles. The molecule has 0 spiro atoms. The average Bonchev–Trinajstić information content (AvgIpc) is 2.39. The second kappa shape index (κ2) is 4.62. The monoisotopic (exact) mass is 175 g/mol. The van der Waals surface area contributed by atoms with Gasteiger partial charge in [-0.05, 0) is 12.2 Å². The van der Waals surface area contributed by atoms with E-state index in [2.05, 4.69) is 5.32 Å². The average molecular weight is 175 g/mol. The summed E-state index contributed by atoms with van der Waals surface area (Å²) in [6.45, 7) is 0.612. The Labute approximate surface area is 70.6 Å². The molecule has 1 fully saturated rings. The van der Waals surface area contributed by atoms with Gasteiger partial charge in [-0.25, -0.2) is 0 Å². The Morgan fingerprint density at radius 3 is 3.09 bits per heavy atom. The third-order valence-corrected chi connectivity index (χ3v) is 2.86. The van der Waals surface area contributed by atoms with Gasteiger partial charge in [0.1, 0.15) is 0 Å². The van der Waals surface area contributed by atoms with Crippen molar-refractivity contribution in [3.63, 3.8) is 0 Å². The van der Waals surface area contributed by atoms with Crippen molar-refractivity contribution in [1.82, 2.24) is 5.32 Å². The Balaban J connectivity index is 1.98. The third kappa shape index (κ3) is 3.62. The zero-order chi connectivity index (χ0) is 8.10. The first-order chi connectivity index (χ1) is 5.29. The van der Waals surface area contributed by atoms with Crippen molar-refractivity contribution in [3.05, 3.63) is 0 Å². The summed E-state index contributed by atoms with van der Waals surface area (Å²) in [4.78, 5) is 10.1. The molecule has 64 valence electrons. The maximum absolute atomic E-state index is 10.1. The normalized spacial score (nSPS) is 23.8. The van der Waals surface area contributed by atoms with Crippen LogP contribution in [-0.2, 0) is 4.79 Å². The zero-order valence-electron chi connectivity index (χ0n) is 6.38. The summed E-state index contributed by atoms with van der Waals surface area (Å²) in [5, 5.41) is 11.6. The van der Waals surface area contributed by atoms with Crippen molar-refractivity contribution in [1.29, 1.82) is 0 Å². The van der Waals surface area contributed by atoms with Gasteiger partial charge in [0.15, 0.2) is 0 Å². The lowest BCUT2D eigenvalue weighted by molar-refractivity contribution is -0.136. The fourth-order valence-electron chi connectivity index (χ4n) is 1.08. The van der Waals surface area contributed by atoms with E-state index in [1.54, 1.807) is 0 Å². The zero-order valence-corrected chi connectivity index (χ0v) is 7.19. The van der Waals surface area contributed by atoms with E-state index < -0.39 is 5.97 Å². The molecule has 0 aromatic heterocycles. The van der Waals surface area contributed by atoms with Crippen molar-refractivity contribution in [3.8, 4) is 0 Å². The van der Waals surface area contributed by atoms with Crippen LogP contribution in [0.4, 0.5) is 0 Å². The first-order valence-electron chi connectivity index (χ1n) is 3.82. The minimum Gasteiger partial charge on any atom is -0.481 e. The van der Waals surface area contributed by atoms with E-state index in [1.807, 2.05) is 11.8 Å². The molecule has 3 nitrogen and oxygen atoms in total. The maximum atomic E-state index is 10.1. The second-order valence-corrected chi connectivity index (χ2v) is 3.81. The van der Waals surface area contributed by atoms with Gasteiger partial charge in [0.05, 0.1) is 6.42 Å². The minimum atomic E-state index is -0.719. The van der Waals surface area contributed by atoms with Crippen LogP contribution in [0.5, 0.6) is 0 Å². The molecule has 4 heteroatoms. The number of thioether (sulfide) groups is 1. The summed E-state index contributed by atoms with van der Waals surface area (Å²) >= 11 is 1.93. The largest absolute Gasteiger partial charge is 0.481 e. The fourth-order valence-corrected chi connectivity index (χ4v) is 2.27. The lowest BCUT2D eigenvalue weighted by Gasteiger charge is -2.08. The molecule has 0 amide bonds. The van der Waals surface area contributed by atoms with Crippen molar-refractivity contribution >= 4 is 17.7 Å². The summed E-state index contributed by atoms with van der Waals surface area (Å²) in [6.07, 6.45) is 1.42. The number of carbonyl (C=O) groups is 1. The second-order valence-electron chi connectivity index (χ2n) is 2.66. The molecule has 0 aliphatic carbocycles. The first-order valence-corrected chi connectivity index (χ1v) is 4.97. The molecule has 2 N–H and O–H groups in total. The van der Waals surface area contributed by atoms with Crippen LogP contribution in [0.2, 0.25) is 0 Å². The molecular weight excluding hydrogens is 162 g/mol. The first kappa shape index (κ1) is 8.87. The van der Waals surface area contributed by atoms with Crippen molar-refractivity contribution < 1.29 is 9.90 Å². The van der Waals surface area contributed by atoms with Crippen molar-refractivity contribution in [2.24, 2.45) is 0 Å². The molecule has 0 radical (unpaired) electrons. The van der Waals surface area contributed by atoms with Crippen LogP contribution in [0, 0.1) is 0 Å². The van der Waals surface area contributed by atoms with Crippen LogP contribution >= 0.6 is 11.8 Å². The molecule has 0 saturated carbocycles. The van der Waals surface area contributed by atoms with Gasteiger partial charge in [0, 0.05) is 18.3 Å². The number of hydrogen-bond acceptors (Lipinski definition) is 3. The predicted octanol–water partition coefficient (Wildman–Crippen LogP) is 0.556. The van der Waals surface area contributed by atoms with Gasteiger partial charge in [0.2, 0.25) is 0 Å². The molecule has 1 rings (SSSR count). The van der Waals surface area contributed by atoms with Gasteiger partial charge < -0.3 is 10.4 Å². The molecule has 1 atom stereocenters. The standard InChI is InChI=1S/C7H13NO2S/c9-7(10)1-3-8-6-2-4-11-5-6/h6,8H,1-5H2,(H,9,10). The summed E-state index contributed by atoms with van der Waals surface area (Å²) in [6, 6.07) is 0.555. The molecule has 0 bridgehead atoms. The lowest BCUT2D eigenvalue weighted by atomic mass is 10.2. The number of hydrogen-bond donors (Lipinski definition) is 2. The Morgan fingerprint density at radius 2 is 2.55 bits per heavy atom. The highest BCUT2D eigenvalue weighted by Gasteiger charge is 2.14. The number of rotatable bonds is 4. The minimum absolute atomic E-state index is 0.237. The van der Waals surface area contributed by atoms with Crippen molar-refractivity contribution in [2.45, 2.75) is 18.9 Å². The summed E-state index contributed by atoms with van der Waals surface area (Å²) in [5.74, 6) is 1.63. The van der Waals surface area contributed by atoms with Gasteiger partial charge >= 0.3 is 5.97 Å². The summed E-state index contributed by atoms with van der Waals surface area (Å²) in [5.41, 5.74) is 0. The van der Waals surface area contributed by atoms with E-state index in [0.29, 0.717) is 12.6 Å². The molecule has 0 aromatic rings. The Kier molecular flexibility index (Phi) is 3.72. The smallest absolute Gasteiger partial charge is 0.304 e. The highest BCUT2D eigenvalue weighted by Crippen LogP contribution is 2.16.